The highest BCUT2D eigenvalue weighted by Gasteiger charge is 2.48. The zero-order chi connectivity index (χ0) is 50.7. The van der Waals surface area contributed by atoms with Crippen LogP contribution in [-0.4, -0.2) is 0 Å². The molecular weight excluding hydrogens is 917 g/mol. The van der Waals surface area contributed by atoms with Gasteiger partial charge < -0.3 is 4.90 Å². The summed E-state index contributed by atoms with van der Waals surface area (Å²) in [7, 11) is 0. The van der Waals surface area contributed by atoms with Crippen LogP contribution in [0.2, 0.25) is 0 Å². The Morgan fingerprint density at radius 2 is 0.653 bits per heavy atom. The van der Waals surface area contributed by atoms with E-state index in [4.69, 9.17) is 0 Å². The van der Waals surface area contributed by atoms with E-state index in [1.807, 2.05) is 42.5 Å². The largest absolute Gasteiger partial charge is 0.310 e. The first kappa shape index (κ1) is 45.4. The third-order valence-electron chi connectivity index (χ3n) is 15.7. The standard InChI is InChI=1S/C72H49F2N/c1-3-48-21-27-54(28-22-48)71(56-31-35-58(73)36-32-56)67-19-10-8-17-63(67)65-43-41-61(46-69(65)71)75(60-39-25-51(26-40-60)53-16-12-15-52(45-53)50-13-6-5-7-14-50)62-42-44-66-64-18-9-11-20-68(64)72(70(66)47-62,57-33-37-59(74)38-34-57)55-29-23-49(4-2)24-30-55/h3-47H,1-2H2. The van der Waals surface area contributed by atoms with Crippen LogP contribution in [0.3, 0.4) is 0 Å². The molecule has 0 saturated heterocycles. The van der Waals surface area contributed by atoms with Gasteiger partial charge in [0, 0.05) is 17.1 Å². The Morgan fingerprint density at radius 3 is 1.09 bits per heavy atom. The van der Waals surface area contributed by atoms with Crippen molar-refractivity contribution in [2.75, 3.05) is 4.90 Å². The molecule has 0 fully saturated rings. The molecule has 11 aromatic rings. The van der Waals surface area contributed by atoms with Gasteiger partial charge in [-0.2, -0.15) is 0 Å². The van der Waals surface area contributed by atoms with Gasteiger partial charge in [-0.1, -0.05) is 219 Å². The Hall–Kier alpha value is -9.44. The highest BCUT2D eigenvalue weighted by molar-refractivity contribution is 5.93. The molecule has 2 aliphatic carbocycles. The minimum atomic E-state index is -0.802. The van der Waals surface area contributed by atoms with E-state index in [-0.39, 0.29) is 11.6 Å². The van der Waals surface area contributed by atoms with Gasteiger partial charge in [-0.15, -0.1) is 0 Å². The maximum Gasteiger partial charge on any atom is 0.123 e. The summed E-state index contributed by atoms with van der Waals surface area (Å²) in [5, 5.41) is 0. The van der Waals surface area contributed by atoms with Crippen LogP contribution in [-0.2, 0) is 10.8 Å². The Kier molecular flexibility index (Phi) is 11.1. The van der Waals surface area contributed by atoms with Gasteiger partial charge in [0.1, 0.15) is 11.6 Å². The van der Waals surface area contributed by atoms with E-state index < -0.39 is 10.8 Å². The van der Waals surface area contributed by atoms with E-state index in [9.17, 15) is 0 Å². The normalized spacial score (nSPS) is 15.8. The predicted molar refractivity (Wildman–Crippen MR) is 307 cm³/mol. The highest BCUT2D eigenvalue weighted by Crippen LogP contribution is 2.60. The van der Waals surface area contributed by atoms with Gasteiger partial charge in [-0.05, 0) is 167 Å². The van der Waals surface area contributed by atoms with E-state index in [0.717, 1.165) is 112 Å². The van der Waals surface area contributed by atoms with E-state index in [0.29, 0.717) is 0 Å². The van der Waals surface area contributed by atoms with Gasteiger partial charge in [0.15, 0.2) is 0 Å². The average molecular weight is 966 g/mol. The second kappa shape index (κ2) is 18.2. The topological polar surface area (TPSA) is 3.24 Å². The van der Waals surface area contributed by atoms with Gasteiger partial charge in [0.2, 0.25) is 0 Å². The number of anilines is 3. The molecule has 0 bridgehead atoms. The molecule has 0 aliphatic heterocycles. The molecule has 0 aromatic heterocycles. The molecule has 2 aliphatic rings. The molecule has 0 radical (unpaired) electrons. The lowest BCUT2D eigenvalue weighted by Gasteiger charge is -2.36. The first-order valence-electron chi connectivity index (χ1n) is 25.4. The summed E-state index contributed by atoms with van der Waals surface area (Å²) in [4.78, 5) is 2.36. The first-order valence-corrected chi connectivity index (χ1v) is 25.4. The second-order valence-corrected chi connectivity index (χ2v) is 19.5. The lowest BCUT2D eigenvalue weighted by molar-refractivity contribution is 0.624. The lowest BCUT2D eigenvalue weighted by Crippen LogP contribution is -2.29. The molecule has 2 atom stereocenters. The molecule has 0 amide bonds. The fourth-order valence-electron chi connectivity index (χ4n) is 12.3. The van der Waals surface area contributed by atoms with Crippen molar-refractivity contribution in [2.45, 2.75) is 10.8 Å². The maximum atomic E-state index is 15.0. The summed E-state index contributed by atoms with van der Waals surface area (Å²) < 4.78 is 30.1. The SMILES string of the molecule is C=Cc1ccc(C2(c3ccc(F)cc3)c3ccccc3-c3ccc(N(c4ccc(-c5cccc(-c6ccccc6)c5)cc4)c4ccc5c(c4)C(c4ccc(F)cc4)(c4ccc(C=C)cc4)c4ccccc4-5)cc32)cc1. The van der Waals surface area contributed by atoms with Crippen LogP contribution in [0, 0.1) is 11.6 Å². The van der Waals surface area contributed by atoms with Gasteiger partial charge in [-0.3, -0.25) is 0 Å². The van der Waals surface area contributed by atoms with Crippen molar-refractivity contribution in [3.8, 4) is 44.5 Å². The summed E-state index contributed by atoms with van der Waals surface area (Å²) >= 11 is 0. The van der Waals surface area contributed by atoms with Gasteiger partial charge >= 0.3 is 0 Å². The van der Waals surface area contributed by atoms with Crippen LogP contribution in [0.1, 0.15) is 55.6 Å². The lowest BCUT2D eigenvalue weighted by atomic mass is 9.67. The molecule has 2 unspecified atom stereocenters. The Bertz CT molecular complexity index is 3770. The summed E-state index contributed by atoms with van der Waals surface area (Å²) in [6, 6.07) is 90.3. The fourth-order valence-corrected chi connectivity index (χ4v) is 12.3. The number of hydrogen-bond acceptors (Lipinski definition) is 1. The Balaban J connectivity index is 1.06. The minimum absolute atomic E-state index is 0.287. The number of rotatable bonds is 11. The zero-order valence-electron chi connectivity index (χ0n) is 41.1. The highest BCUT2D eigenvalue weighted by atomic mass is 19.1. The summed E-state index contributed by atoms with van der Waals surface area (Å²) in [5.74, 6) is -0.575. The van der Waals surface area contributed by atoms with Crippen molar-refractivity contribution >= 4 is 29.2 Å². The summed E-state index contributed by atoms with van der Waals surface area (Å²) in [6.45, 7) is 8.13. The van der Waals surface area contributed by atoms with Crippen molar-refractivity contribution in [2.24, 2.45) is 0 Å². The molecule has 0 N–H and O–H groups in total. The van der Waals surface area contributed by atoms with Crippen LogP contribution >= 0.6 is 0 Å². The molecule has 0 saturated carbocycles. The van der Waals surface area contributed by atoms with Crippen molar-refractivity contribution in [1.82, 2.24) is 0 Å². The minimum Gasteiger partial charge on any atom is -0.310 e. The Labute approximate surface area is 437 Å². The second-order valence-electron chi connectivity index (χ2n) is 19.5. The van der Waals surface area contributed by atoms with E-state index in [1.54, 1.807) is 24.3 Å². The van der Waals surface area contributed by atoms with Crippen LogP contribution in [0.25, 0.3) is 56.7 Å². The maximum absolute atomic E-state index is 15.0. The number of fused-ring (bicyclic) bond motifs is 6. The molecular formula is C72H49F2N. The van der Waals surface area contributed by atoms with E-state index >= 15 is 8.78 Å². The van der Waals surface area contributed by atoms with Crippen LogP contribution in [0.4, 0.5) is 25.8 Å². The number of nitrogens with zero attached hydrogens (tertiary/aromatic N) is 1. The molecule has 1 nitrogen and oxygen atoms in total. The van der Waals surface area contributed by atoms with Crippen molar-refractivity contribution in [3.05, 3.63) is 341 Å². The van der Waals surface area contributed by atoms with E-state index in [1.165, 1.54) is 5.56 Å². The fraction of sp³-hybridized carbons (Fsp3) is 0.0278. The number of halogens is 2. The van der Waals surface area contributed by atoms with Crippen molar-refractivity contribution in [3.63, 3.8) is 0 Å². The third kappa shape index (κ3) is 7.26. The molecule has 356 valence electrons. The van der Waals surface area contributed by atoms with Crippen molar-refractivity contribution in [1.29, 1.82) is 0 Å². The Morgan fingerprint density at radius 1 is 0.293 bits per heavy atom. The zero-order valence-corrected chi connectivity index (χ0v) is 41.1. The number of hydrogen-bond donors (Lipinski definition) is 0. The summed E-state index contributed by atoms with van der Waals surface area (Å²) in [5.41, 5.74) is 20.8. The predicted octanol–water partition coefficient (Wildman–Crippen LogP) is 18.8. The quantitative estimate of drug-likeness (QED) is 0.125. The smallest absolute Gasteiger partial charge is 0.123 e. The monoisotopic (exact) mass is 965 g/mol. The van der Waals surface area contributed by atoms with Crippen LogP contribution < -0.4 is 4.90 Å². The van der Waals surface area contributed by atoms with Gasteiger partial charge in [0.05, 0.1) is 10.8 Å². The first-order chi connectivity index (χ1) is 36.9. The van der Waals surface area contributed by atoms with Gasteiger partial charge in [0.25, 0.3) is 0 Å². The van der Waals surface area contributed by atoms with Crippen LogP contribution in [0.15, 0.2) is 274 Å². The third-order valence-corrected chi connectivity index (χ3v) is 15.7. The molecule has 0 heterocycles. The average Bonchev–Trinajstić information content (AvgIpc) is 4.02. The summed E-state index contributed by atoms with van der Waals surface area (Å²) in [6.07, 6.45) is 3.73. The molecule has 0 spiro atoms. The van der Waals surface area contributed by atoms with Crippen molar-refractivity contribution < 1.29 is 8.78 Å². The molecule has 11 aromatic carbocycles. The molecule has 3 heteroatoms. The number of benzene rings is 11. The van der Waals surface area contributed by atoms with Crippen LogP contribution in [0.5, 0.6) is 0 Å². The van der Waals surface area contributed by atoms with E-state index in [2.05, 4.69) is 224 Å². The molecule has 75 heavy (non-hydrogen) atoms. The molecule has 13 rings (SSSR count). The van der Waals surface area contributed by atoms with Gasteiger partial charge in [-0.25, -0.2) is 8.78 Å².